The maximum Gasteiger partial charge on any atom is 0.0541 e. The molecule has 0 aliphatic heterocycles. The summed E-state index contributed by atoms with van der Waals surface area (Å²) in [6.45, 7) is 0. The van der Waals surface area contributed by atoms with Crippen molar-refractivity contribution in [3.63, 3.8) is 0 Å². The van der Waals surface area contributed by atoms with Crippen molar-refractivity contribution in [3.05, 3.63) is 157 Å². The number of aromatic nitrogens is 2. The summed E-state index contributed by atoms with van der Waals surface area (Å²) in [5, 5.41) is 5.32. The number of nitrogens with zero attached hydrogens (tertiary/aromatic N) is 2. The average molecular weight is 619 g/mol. The van der Waals surface area contributed by atoms with Gasteiger partial charge < -0.3 is 9.13 Å². The van der Waals surface area contributed by atoms with Crippen LogP contribution < -0.4 is 0 Å². The molecule has 0 amide bonds. The van der Waals surface area contributed by atoms with E-state index >= 15 is 0 Å². The van der Waals surface area contributed by atoms with Gasteiger partial charge in [-0.2, -0.15) is 0 Å². The molecule has 2 aromatic heterocycles. The summed E-state index contributed by atoms with van der Waals surface area (Å²) < 4.78 is 5.00. The molecular formula is C46H38N2. The summed E-state index contributed by atoms with van der Waals surface area (Å²) in [7, 11) is 0. The molecule has 0 saturated heterocycles. The lowest BCUT2D eigenvalue weighted by Gasteiger charge is -2.63. The number of para-hydroxylation sites is 4. The highest BCUT2D eigenvalue weighted by Gasteiger charge is 2.58. The minimum Gasteiger partial charge on any atom is -0.309 e. The SMILES string of the molecule is c1cc(-n2c3ccccc3c3ccccc32)cc(C23CC4CC(C2)CC(c2cccc(-n5c6ccccc6c6ccccc65)c2)(C4)C3)c1. The van der Waals surface area contributed by atoms with Crippen LogP contribution in [0.2, 0.25) is 0 Å². The highest BCUT2D eigenvalue weighted by Crippen LogP contribution is 2.66. The van der Waals surface area contributed by atoms with Crippen molar-refractivity contribution in [1.82, 2.24) is 9.13 Å². The zero-order chi connectivity index (χ0) is 31.5. The Hall–Kier alpha value is -5.08. The first-order chi connectivity index (χ1) is 23.7. The molecule has 0 atom stereocenters. The van der Waals surface area contributed by atoms with E-state index in [0.29, 0.717) is 0 Å². The van der Waals surface area contributed by atoms with Crippen molar-refractivity contribution in [2.24, 2.45) is 11.8 Å². The molecular weight excluding hydrogens is 581 g/mol. The Bertz CT molecular complexity index is 2270. The fourth-order valence-electron chi connectivity index (χ4n) is 11.3. The van der Waals surface area contributed by atoms with Gasteiger partial charge >= 0.3 is 0 Å². The predicted octanol–water partition coefficient (Wildman–Crippen LogP) is 11.7. The van der Waals surface area contributed by atoms with Crippen LogP contribution in [0.4, 0.5) is 0 Å². The Morgan fingerprint density at radius 2 is 0.750 bits per heavy atom. The van der Waals surface area contributed by atoms with Gasteiger partial charge in [-0.05, 0) is 121 Å². The topological polar surface area (TPSA) is 9.86 Å². The van der Waals surface area contributed by atoms with Crippen LogP contribution in [-0.4, -0.2) is 9.13 Å². The molecule has 48 heavy (non-hydrogen) atoms. The van der Waals surface area contributed by atoms with Gasteiger partial charge in [-0.1, -0.05) is 97.1 Å². The molecule has 0 radical (unpaired) electrons. The summed E-state index contributed by atoms with van der Waals surface area (Å²) in [5.74, 6) is 1.58. The van der Waals surface area contributed by atoms with Crippen LogP contribution in [0.5, 0.6) is 0 Å². The van der Waals surface area contributed by atoms with E-state index in [4.69, 9.17) is 0 Å². The maximum absolute atomic E-state index is 2.56. The molecule has 0 unspecified atom stereocenters. The van der Waals surface area contributed by atoms with E-state index in [-0.39, 0.29) is 10.8 Å². The molecule has 4 aliphatic rings. The predicted molar refractivity (Wildman–Crippen MR) is 200 cm³/mol. The molecule has 4 aliphatic carbocycles. The van der Waals surface area contributed by atoms with Gasteiger partial charge in [0.1, 0.15) is 0 Å². The van der Waals surface area contributed by atoms with Gasteiger partial charge in [-0.3, -0.25) is 0 Å². The van der Waals surface area contributed by atoms with Gasteiger partial charge in [0, 0.05) is 32.9 Å². The standard InChI is InChI=1S/C46H38N2/c1-5-19-41-37(15-1)38-16-2-6-20-42(38)47(41)35-13-9-11-33(24-35)45-26-31-23-32(27-45)29-46(28-31,30-45)34-12-10-14-36(25-34)48-43-21-7-3-17-39(43)40-18-4-8-22-44(40)48/h1-22,24-25,31-32H,23,26-30H2. The van der Waals surface area contributed by atoms with Crippen LogP contribution in [-0.2, 0) is 10.8 Å². The van der Waals surface area contributed by atoms with E-state index in [9.17, 15) is 0 Å². The molecule has 6 aromatic carbocycles. The van der Waals surface area contributed by atoms with E-state index in [1.54, 1.807) is 11.1 Å². The van der Waals surface area contributed by atoms with Crippen LogP contribution >= 0.6 is 0 Å². The average Bonchev–Trinajstić information content (AvgIpc) is 3.65. The first-order valence-corrected chi connectivity index (χ1v) is 17.9. The van der Waals surface area contributed by atoms with E-state index in [1.807, 2.05) is 0 Å². The Kier molecular flexibility index (Phi) is 5.46. The number of hydrogen-bond donors (Lipinski definition) is 0. The van der Waals surface area contributed by atoms with Crippen LogP contribution in [0.1, 0.15) is 49.7 Å². The highest BCUT2D eigenvalue weighted by atomic mass is 15.0. The Morgan fingerprint density at radius 1 is 0.396 bits per heavy atom. The lowest BCUT2D eigenvalue weighted by Crippen LogP contribution is -2.56. The number of fused-ring (bicyclic) bond motifs is 6. The van der Waals surface area contributed by atoms with E-state index in [1.165, 1.54) is 93.5 Å². The second-order valence-corrected chi connectivity index (χ2v) is 15.4. The third kappa shape index (κ3) is 3.69. The van der Waals surface area contributed by atoms with Gasteiger partial charge in [-0.25, -0.2) is 0 Å². The number of rotatable bonds is 4. The van der Waals surface area contributed by atoms with Crippen molar-refractivity contribution < 1.29 is 0 Å². The van der Waals surface area contributed by atoms with Crippen molar-refractivity contribution in [2.75, 3.05) is 0 Å². The zero-order valence-corrected chi connectivity index (χ0v) is 27.1. The fraction of sp³-hybridized carbons (Fsp3) is 0.217. The van der Waals surface area contributed by atoms with Gasteiger partial charge in [0.05, 0.1) is 22.1 Å². The molecule has 4 saturated carbocycles. The van der Waals surface area contributed by atoms with Gasteiger partial charge in [0.2, 0.25) is 0 Å². The molecule has 2 heteroatoms. The largest absolute Gasteiger partial charge is 0.309 e. The third-order valence-corrected chi connectivity index (χ3v) is 12.7. The third-order valence-electron chi connectivity index (χ3n) is 12.7. The van der Waals surface area contributed by atoms with E-state index in [0.717, 1.165) is 11.8 Å². The van der Waals surface area contributed by atoms with Crippen molar-refractivity contribution in [2.45, 2.75) is 49.4 Å². The zero-order valence-electron chi connectivity index (χ0n) is 27.1. The van der Waals surface area contributed by atoms with Crippen LogP contribution in [0, 0.1) is 11.8 Å². The smallest absolute Gasteiger partial charge is 0.0541 e. The second-order valence-electron chi connectivity index (χ2n) is 15.4. The molecule has 0 spiro atoms. The van der Waals surface area contributed by atoms with Crippen LogP contribution in [0.3, 0.4) is 0 Å². The molecule has 4 bridgehead atoms. The van der Waals surface area contributed by atoms with E-state index in [2.05, 4.69) is 155 Å². The molecule has 8 aromatic rings. The van der Waals surface area contributed by atoms with Gasteiger partial charge in [0.25, 0.3) is 0 Å². The quantitative estimate of drug-likeness (QED) is 0.186. The van der Waals surface area contributed by atoms with Crippen molar-refractivity contribution >= 4 is 43.6 Å². The summed E-state index contributed by atoms with van der Waals surface area (Å²) >= 11 is 0. The lowest BCUT2D eigenvalue weighted by atomic mass is 9.41. The van der Waals surface area contributed by atoms with Crippen LogP contribution in [0.15, 0.2) is 146 Å². The first-order valence-electron chi connectivity index (χ1n) is 17.9. The Balaban J connectivity index is 1.04. The van der Waals surface area contributed by atoms with Gasteiger partial charge in [-0.15, -0.1) is 0 Å². The lowest BCUT2D eigenvalue weighted by molar-refractivity contribution is -0.0281. The normalized spacial score (nSPS) is 24.8. The first kappa shape index (κ1) is 26.9. The monoisotopic (exact) mass is 618 g/mol. The Morgan fingerprint density at radius 3 is 1.12 bits per heavy atom. The molecule has 232 valence electrons. The summed E-state index contributed by atoms with van der Waals surface area (Å²) in [4.78, 5) is 0. The van der Waals surface area contributed by atoms with Crippen LogP contribution in [0.25, 0.3) is 55.0 Å². The summed E-state index contributed by atoms with van der Waals surface area (Å²) in [6, 6.07) is 55.0. The minimum atomic E-state index is 0.224. The number of benzene rings is 6. The highest BCUT2D eigenvalue weighted by molar-refractivity contribution is 6.10. The molecule has 2 nitrogen and oxygen atoms in total. The number of hydrogen-bond acceptors (Lipinski definition) is 0. The summed E-state index contributed by atoms with van der Waals surface area (Å²) in [6.07, 6.45) is 7.97. The molecule has 0 N–H and O–H groups in total. The summed E-state index contributed by atoms with van der Waals surface area (Å²) in [5.41, 5.74) is 11.3. The second kappa shape index (κ2) is 9.73. The minimum absolute atomic E-state index is 0.224. The fourth-order valence-corrected chi connectivity index (χ4v) is 11.3. The van der Waals surface area contributed by atoms with Crippen molar-refractivity contribution in [3.8, 4) is 11.4 Å². The van der Waals surface area contributed by atoms with E-state index < -0.39 is 0 Å². The molecule has 2 heterocycles. The Labute approximate surface area is 281 Å². The van der Waals surface area contributed by atoms with Gasteiger partial charge in [0.15, 0.2) is 0 Å². The molecule has 12 rings (SSSR count). The van der Waals surface area contributed by atoms with Crippen molar-refractivity contribution in [1.29, 1.82) is 0 Å². The maximum atomic E-state index is 2.56. The molecule has 4 fully saturated rings.